The van der Waals surface area contributed by atoms with E-state index in [-0.39, 0.29) is 16.7 Å². The Labute approximate surface area is 165 Å². The van der Waals surface area contributed by atoms with Gasteiger partial charge in [-0.05, 0) is 37.3 Å². The van der Waals surface area contributed by atoms with Gasteiger partial charge in [-0.3, -0.25) is 25.2 Å². The minimum atomic E-state index is -0.527. The van der Waals surface area contributed by atoms with Crippen LogP contribution in [0.1, 0.15) is 27.6 Å². The summed E-state index contributed by atoms with van der Waals surface area (Å²) in [7, 11) is 2.96. The standard InChI is InChI=1S/C19H19N3O5S/c1-10-17(23)20-15-8-11(4-5-16(15)28-10)18(24)21-22-19(25)12-6-13(26-2)9-14(7-12)27-3/h4-10H,1-3H3,(H,20,23)(H,21,24)(H,22,25). The number of hydrogen-bond acceptors (Lipinski definition) is 6. The van der Waals surface area contributed by atoms with E-state index in [0.29, 0.717) is 22.7 Å². The number of methoxy groups -OCH3 is 2. The molecule has 0 aliphatic carbocycles. The first-order valence-corrected chi connectivity index (χ1v) is 9.24. The molecule has 0 aromatic heterocycles. The van der Waals surface area contributed by atoms with Crippen LogP contribution in [-0.4, -0.2) is 37.2 Å². The van der Waals surface area contributed by atoms with Gasteiger partial charge in [0.2, 0.25) is 5.91 Å². The molecule has 9 heteroatoms. The highest BCUT2D eigenvalue weighted by Gasteiger charge is 2.23. The van der Waals surface area contributed by atoms with Gasteiger partial charge in [0.25, 0.3) is 11.8 Å². The Morgan fingerprint density at radius 1 is 0.964 bits per heavy atom. The number of carbonyl (C=O) groups excluding carboxylic acids is 3. The zero-order chi connectivity index (χ0) is 20.3. The Hall–Kier alpha value is -3.20. The minimum absolute atomic E-state index is 0.115. The Balaban J connectivity index is 1.68. The molecule has 1 aliphatic heterocycles. The normalized spacial score (nSPS) is 15.1. The summed E-state index contributed by atoms with van der Waals surface area (Å²) in [6, 6.07) is 9.65. The smallest absolute Gasteiger partial charge is 0.269 e. The lowest BCUT2D eigenvalue weighted by molar-refractivity contribution is -0.115. The fourth-order valence-electron chi connectivity index (χ4n) is 2.55. The first-order chi connectivity index (χ1) is 13.4. The highest BCUT2D eigenvalue weighted by Crippen LogP contribution is 2.35. The van der Waals surface area contributed by atoms with Crippen molar-refractivity contribution in [1.29, 1.82) is 0 Å². The number of anilines is 1. The van der Waals surface area contributed by atoms with Crippen LogP contribution >= 0.6 is 11.8 Å². The number of rotatable bonds is 4. The molecule has 0 bridgehead atoms. The van der Waals surface area contributed by atoms with Gasteiger partial charge in [0.15, 0.2) is 0 Å². The van der Waals surface area contributed by atoms with Gasteiger partial charge < -0.3 is 14.8 Å². The number of benzene rings is 2. The summed E-state index contributed by atoms with van der Waals surface area (Å²) in [5.41, 5.74) is 5.85. The van der Waals surface area contributed by atoms with Gasteiger partial charge in [0, 0.05) is 22.1 Å². The van der Waals surface area contributed by atoms with Crippen LogP contribution in [-0.2, 0) is 4.79 Å². The van der Waals surface area contributed by atoms with Crippen molar-refractivity contribution >= 4 is 35.2 Å². The molecule has 1 heterocycles. The molecule has 1 atom stereocenters. The Morgan fingerprint density at radius 2 is 1.57 bits per heavy atom. The molecule has 2 aromatic carbocycles. The fourth-order valence-corrected chi connectivity index (χ4v) is 3.48. The van der Waals surface area contributed by atoms with Crippen molar-refractivity contribution in [2.45, 2.75) is 17.1 Å². The zero-order valence-corrected chi connectivity index (χ0v) is 16.3. The third kappa shape index (κ3) is 4.20. The van der Waals surface area contributed by atoms with Crippen LogP contribution in [0, 0.1) is 0 Å². The third-order valence-corrected chi connectivity index (χ3v) is 5.25. The molecule has 2 aromatic rings. The van der Waals surface area contributed by atoms with Crippen LogP contribution in [0.2, 0.25) is 0 Å². The van der Waals surface area contributed by atoms with E-state index in [0.717, 1.165) is 4.90 Å². The molecule has 0 saturated carbocycles. The SMILES string of the molecule is COc1cc(OC)cc(C(=O)NNC(=O)c2ccc3c(c2)NC(=O)C(C)S3)c1. The summed E-state index contributed by atoms with van der Waals surface area (Å²) in [5.74, 6) is -0.249. The van der Waals surface area contributed by atoms with Gasteiger partial charge >= 0.3 is 0 Å². The van der Waals surface area contributed by atoms with Gasteiger partial charge in [-0.15, -0.1) is 11.8 Å². The van der Waals surface area contributed by atoms with Crippen molar-refractivity contribution < 1.29 is 23.9 Å². The first-order valence-electron chi connectivity index (χ1n) is 8.36. The van der Waals surface area contributed by atoms with Crippen molar-refractivity contribution in [2.24, 2.45) is 0 Å². The second kappa shape index (κ2) is 8.22. The number of thioether (sulfide) groups is 1. The maximum Gasteiger partial charge on any atom is 0.269 e. The van der Waals surface area contributed by atoms with E-state index in [1.807, 2.05) is 6.92 Å². The van der Waals surface area contributed by atoms with Gasteiger partial charge in [-0.2, -0.15) is 0 Å². The van der Waals surface area contributed by atoms with Crippen LogP contribution in [0.15, 0.2) is 41.3 Å². The lowest BCUT2D eigenvalue weighted by Gasteiger charge is -2.21. The summed E-state index contributed by atoms with van der Waals surface area (Å²) in [5, 5.41) is 2.58. The van der Waals surface area contributed by atoms with Crippen LogP contribution in [0.3, 0.4) is 0 Å². The summed E-state index contributed by atoms with van der Waals surface area (Å²) < 4.78 is 10.3. The molecule has 146 valence electrons. The van der Waals surface area contributed by atoms with E-state index < -0.39 is 11.8 Å². The average Bonchev–Trinajstić information content (AvgIpc) is 2.71. The van der Waals surface area contributed by atoms with Crippen molar-refractivity contribution in [1.82, 2.24) is 10.9 Å². The van der Waals surface area contributed by atoms with Crippen LogP contribution in [0.4, 0.5) is 5.69 Å². The number of nitrogens with one attached hydrogen (secondary N) is 3. The van der Waals surface area contributed by atoms with Crippen molar-refractivity contribution in [3.63, 3.8) is 0 Å². The Morgan fingerprint density at radius 3 is 2.18 bits per heavy atom. The minimum Gasteiger partial charge on any atom is -0.497 e. The molecule has 0 radical (unpaired) electrons. The van der Waals surface area contributed by atoms with Crippen LogP contribution in [0.5, 0.6) is 11.5 Å². The van der Waals surface area contributed by atoms with E-state index >= 15 is 0 Å². The van der Waals surface area contributed by atoms with Crippen molar-refractivity contribution in [2.75, 3.05) is 19.5 Å². The van der Waals surface area contributed by atoms with Gasteiger partial charge in [-0.25, -0.2) is 0 Å². The summed E-state index contributed by atoms with van der Waals surface area (Å²) in [6.45, 7) is 1.81. The van der Waals surface area contributed by atoms with Crippen LogP contribution in [0.25, 0.3) is 0 Å². The lowest BCUT2D eigenvalue weighted by atomic mass is 10.1. The van der Waals surface area contributed by atoms with E-state index in [4.69, 9.17) is 9.47 Å². The molecule has 28 heavy (non-hydrogen) atoms. The third-order valence-electron chi connectivity index (χ3n) is 4.08. The maximum absolute atomic E-state index is 12.4. The largest absolute Gasteiger partial charge is 0.497 e. The molecule has 0 saturated heterocycles. The number of ether oxygens (including phenoxy) is 2. The predicted molar refractivity (Wildman–Crippen MR) is 105 cm³/mol. The number of amides is 3. The van der Waals surface area contributed by atoms with Crippen molar-refractivity contribution in [3.05, 3.63) is 47.5 Å². The Bertz CT molecular complexity index is 925. The predicted octanol–water partition coefficient (Wildman–Crippen LogP) is 2.21. The second-order valence-electron chi connectivity index (χ2n) is 5.97. The molecular formula is C19H19N3O5S. The molecule has 8 nitrogen and oxygen atoms in total. The average molecular weight is 401 g/mol. The summed E-state index contributed by atoms with van der Waals surface area (Å²) in [4.78, 5) is 37.4. The first kappa shape index (κ1) is 19.6. The topological polar surface area (TPSA) is 106 Å². The zero-order valence-electron chi connectivity index (χ0n) is 15.5. The second-order valence-corrected chi connectivity index (χ2v) is 7.35. The monoisotopic (exact) mass is 401 g/mol. The van der Waals surface area contributed by atoms with E-state index in [2.05, 4.69) is 16.2 Å². The Kier molecular flexibility index (Phi) is 5.74. The maximum atomic E-state index is 12.4. The summed E-state index contributed by atoms with van der Waals surface area (Å²) >= 11 is 1.43. The van der Waals surface area contributed by atoms with E-state index in [9.17, 15) is 14.4 Å². The van der Waals surface area contributed by atoms with Gasteiger partial charge in [0.1, 0.15) is 11.5 Å². The molecule has 3 N–H and O–H groups in total. The molecule has 3 rings (SSSR count). The molecule has 1 aliphatic rings. The molecule has 1 unspecified atom stereocenters. The number of fused-ring (bicyclic) bond motifs is 1. The van der Waals surface area contributed by atoms with E-state index in [1.165, 1.54) is 38.1 Å². The molecule has 0 fully saturated rings. The molecule has 3 amide bonds. The fraction of sp³-hybridized carbons (Fsp3) is 0.211. The number of carbonyl (C=O) groups is 3. The number of hydrogen-bond donors (Lipinski definition) is 3. The van der Waals surface area contributed by atoms with Crippen molar-refractivity contribution in [3.8, 4) is 11.5 Å². The van der Waals surface area contributed by atoms with Crippen LogP contribution < -0.4 is 25.6 Å². The highest BCUT2D eigenvalue weighted by atomic mass is 32.2. The molecular weight excluding hydrogens is 382 g/mol. The lowest BCUT2D eigenvalue weighted by Crippen LogP contribution is -2.41. The van der Waals surface area contributed by atoms with Gasteiger partial charge in [0.05, 0.1) is 25.2 Å². The van der Waals surface area contributed by atoms with Gasteiger partial charge in [-0.1, -0.05) is 0 Å². The van der Waals surface area contributed by atoms with E-state index in [1.54, 1.807) is 24.3 Å². The quantitative estimate of drug-likeness (QED) is 0.679. The number of hydrazine groups is 1. The summed E-state index contributed by atoms with van der Waals surface area (Å²) in [6.07, 6.45) is 0. The molecule has 0 spiro atoms. The highest BCUT2D eigenvalue weighted by molar-refractivity contribution is 8.00.